The second-order valence-electron chi connectivity index (χ2n) is 6.84. The molecule has 1 N–H and O–H groups in total. The number of rotatable bonds is 8. The number of methoxy groups -OCH3 is 1. The number of nitrogens with zero attached hydrogens (tertiary/aromatic N) is 2. The summed E-state index contributed by atoms with van der Waals surface area (Å²) in [6, 6.07) is 13.9. The molecule has 8 nitrogen and oxygen atoms in total. The minimum atomic E-state index is -0.453. The van der Waals surface area contributed by atoms with Crippen molar-refractivity contribution in [2.75, 3.05) is 40.0 Å². The molecule has 29 heavy (non-hydrogen) atoms. The van der Waals surface area contributed by atoms with Crippen molar-refractivity contribution in [3.8, 4) is 5.75 Å². The Morgan fingerprint density at radius 2 is 1.83 bits per heavy atom. The predicted molar refractivity (Wildman–Crippen MR) is 108 cm³/mol. The Balaban J connectivity index is 1.63. The van der Waals surface area contributed by atoms with Gasteiger partial charge in [-0.25, -0.2) is 0 Å². The van der Waals surface area contributed by atoms with Crippen molar-refractivity contribution in [1.29, 1.82) is 0 Å². The van der Waals surface area contributed by atoms with Crippen molar-refractivity contribution in [2.24, 2.45) is 0 Å². The molecule has 0 radical (unpaired) electrons. The summed E-state index contributed by atoms with van der Waals surface area (Å²) in [6.45, 7) is 3.41. The second kappa shape index (κ2) is 9.99. The zero-order chi connectivity index (χ0) is 20.6. The van der Waals surface area contributed by atoms with Crippen molar-refractivity contribution in [3.63, 3.8) is 0 Å². The third kappa shape index (κ3) is 5.75. The Labute approximate surface area is 169 Å². The molecule has 8 heteroatoms. The smallest absolute Gasteiger partial charge is 0.269 e. The van der Waals surface area contributed by atoms with Gasteiger partial charge in [-0.15, -0.1) is 0 Å². The molecule has 154 valence electrons. The maximum atomic E-state index is 12.4. The number of carbonyl (C=O) groups excluding carboxylic acids is 1. The zero-order valence-corrected chi connectivity index (χ0v) is 16.4. The van der Waals surface area contributed by atoms with Crippen LogP contribution in [0.25, 0.3) is 0 Å². The van der Waals surface area contributed by atoms with Crippen LogP contribution in [0.15, 0.2) is 48.5 Å². The Morgan fingerprint density at radius 3 is 2.41 bits per heavy atom. The zero-order valence-electron chi connectivity index (χ0n) is 16.4. The lowest BCUT2D eigenvalue weighted by Crippen LogP contribution is -2.44. The maximum absolute atomic E-state index is 12.4. The van der Waals surface area contributed by atoms with Gasteiger partial charge >= 0.3 is 0 Å². The lowest BCUT2D eigenvalue weighted by Gasteiger charge is -2.35. The summed E-state index contributed by atoms with van der Waals surface area (Å²) >= 11 is 0. The van der Waals surface area contributed by atoms with Crippen LogP contribution in [0.1, 0.15) is 17.2 Å². The number of nitrogens with one attached hydrogen (secondary N) is 1. The lowest BCUT2D eigenvalue weighted by molar-refractivity contribution is -0.384. The Hall–Kier alpha value is -2.97. The molecule has 0 unspecified atom stereocenters. The van der Waals surface area contributed by atoms with Gasteiger partial charge < -0.3 is 14.8 Å². The van der Waals surface area contributed by atoms with Crippen molar-refractivity contribution in [3.05, 3.63) is 69.8 Å². The highest BCUT2D eigenvalue weighted by molar-refractivity contribution is 5.78. The molecule has 0 aliphatic carbocycles. The molecule has 0 spiro atoms. The first-order valence-electron chi connectivity index (χ1n) is 9.52. The van der Waals surface area contributed by atoms with Gasteiger partial charge in [-0.05, 0) is 23.3 Å². The van der Waals surface area contributed by atoms with E-state index < -0.39 is 4.92 Å². The molecule has 0 aromatic heterocycles. The highest BCUT2D eigenvalue weighted by atomic mass is 16.6. The van der Waals surface area contributed by atoms with Crippen molar-refractivity contribution >= 4 is 11.6 Å². The number of morpholine rings is 1. The summed E-state index contributed by atoms with van der Waals surface area (Å²) in [7, 11) is 1.63. The largest absolute Gasteiger partial charge is 0.497 e. The van der Waals surface area contributed by atoms with Crippen LogP contribution in [0, 0.1) is 10.1 Å². The summed E-state index contributed by atoms with van der Waals surface area (Å²) in [4.78, 5) is 25.0. The number of ether oxygens (including phenoxy) is 2. The van der Waals surface area contributed by atoms with Gasteiger partial charge in [-0.1, -0.05) is 24.3 Å². The van der Waals surface area contributed by atoms with E-state index in [1.807, 2.05) is 24.3 Å². The number of nitro benzene ring substituents is 1. The minimum Gasteiger partial charge on any atom is -0.497 e. The molecule has 0 bridgehead atoms. The number of nitro groups is 1. The Morgan fingerprint density at radius 1 is 1.17 bits per heavy atom. The number of carbonyl (C=O) groups is 1. The lowest BCUT2D eigenvalue weighted by atomic mass is 10.0. The molecule has 2 aromatic rings. The van der Waals surface area contributed by atoms with E-state index in [0.717, 1.165) is 30.0 Å². The van der Waals surface area contributed by atoms with E-state index in [0.29, 0.717) is 19.8 Å². The molecule has 0 saturated carbocycles. The fraction of sp³-hybridized carbons (Fsp3) is 0.381. The summed E-state index contributed by atoms with van der Waals surface area (Å²) in [5, 5.41) is 13.7. The molecule has 1 aliphatic heterocycles. The third-order valence-electron chi connectivity index (χ3n) is 4.99. The molecular formula is C21H25N3O5. The molecular weight excluding hydrogens is 374 g/mol. The van der Waals surface area contributed by atoms with Crippen LogP contribution in [0.2, 0.25) is 0 Å². The molecule has 3 rings (SSSR count). The molecule has 1 heterocycles. The molecule has 2 aromatic carbocycles. The minimum absolute atomic E-state index is 0.0149. The van der Waals surface area contributed by atoms with Crippen molar-refractivity contribution in [2.45, 2.75) is 12.5 Å². The standard InChI is InChI=1S/C21H25N3O5/c1-28-19-8-4-17(5-9-19)20(23-10-12-29-13-11-23)15-22-21(25)14-16-2-6-18(7-3-16)24(26)27/h2-9,20H,10-15H2,1H3,(H,22,25)/t20-/m0/s1. The van der Waals surface area contributed by atoms with Crippen LogP contribution < -0.4 is 10.1 Å². The van der Waals surface area contributed by atoms with Gasteiger partial charge in [0.15, 0.2) is 0 Å². The first-order valence-corrected chi connectivity index (χ1v) is 9.52. The van der Waals surface area contributed by atoms with Gasteiger partial charge in [0.05, 0.1) is 37.7 Å². The van der Waals surface area contributed by atoms with Crippen LogP contribution in [-0.4, -0.2) is 55.7 Å². The molecule has 1 saturated heterocycles. The Bertz CT molecular complexity index is 817. The number of hydrogen-bond donors (Lipinski definition) is 1. The van der Waals surface area contributed by atoms with Crippen molar-refractivity contribution < 1.29 is 19.2 Å². The average Bonchev–Trinajstić information content (AvgIpc) is 2.75. The number of hydrogen-bond acceptors (Lipinski definition) is 6. The number of benzene rings is 2. The maximum Gasteiger partial charge on any atom is 0.269 e. The van der Waals surface area contributed by atoms with Crippen LogP contribution in [0.3, 0.4) is 0 Å². The van der Waals surface area contributed by atoms with Gasteiger partial charge in [-0.2, -0.15) is 0 Å². The van der Waals surface area contributed by atoms with Gasteiger partial charge in [0.25, 0.3) is 5.69 Å². The van der Waals surface area contributed by atoms with Crippen LogP contribution in [-0.2, 0) is 16.0 Å². The van der Waals surface area contributed by atoms with E-state index in [1.165, 1.54) is 12.1 Å². The highest BCUT2D eigenvalue weighted by Gasteiger charge is 2.23. The first-order chi connectivity index (χ1) is 14.1. The third-order valence-corrected chi connectivity index (χ3v) is 4.99. The summed E-state index contributed by atoms with van der Waals surface area (Å²) in [5.41, 5.74) is 1.85. The van der Waals surface area contributed by atoms with E-state index in [1.54, 1.807) is 19.2 Å². The van der Waals surface area contributed by atoms with E-state index in [2.05, 4.69) is 10.2 Å². The number of amides is 1. The van der Waals surface area contributed by atoms with Crippen LogP contribution in [0.5, 0.6) is 5.75 Å². The first kappa shape index (κ1) is 20.8. The van der Waals surface area contributed by atoms with Gasteiger partial charge in [0, 0.05) is 31.8 Å². The van der Waals surface area contributed by atoms with E-state index >= 15 is 0 Å². The van der Waals surface area contributed by atoms with Crippen LogP contribution in [0.4, 0.5) is 5.69 Å². The molecule has 1 atom stereocenters. The van der Waals surface area contributed by atoms with Gasteiger partial charge in [0.2, 0.25) is 5.91 Å². The quantitative estimate of drug-likeness (QED) is 0.541. The predicted octanol–water partition coefficient (Wildman–Crippen LogP) is 2.34. The summed E-state index contributed by atoms with van der Waals surface area (Å²) in [5.74, 6) is 0.669. The Kier molecular flexibility index (Phi) is 7.15. The highest BCUT2D eigenvalue weighted by Crippen LogP contribution is 2.23. The SMILES string of the molecule is COc1ccc([C@H](CNC(=O)Cc2ccc([N+](=O)[O-])cc2)N2CCOCC2)cc1. The van der Waals surface area contributed by atoms with Crippen LogP contribution >= 0.6 is 0 Å². The van der Waals surface area contributed by atoms with E-state index in [9.17, 15) is 14.9 Å². The van der Waals surface area contributed by atoms with Gasteiger partial charge in [-0.3, -0.25) is 19.8 Å². The fourth-order valence-corrected chi connectivity index (χ4v) is 3.37. The summed E-state index contributed by atoms with van der Waals surface area (Å²) < 4.78 is 10.7. The topological polar surface area (TPSA) is 93.9 Å². The van der Waals surface area contributed by atoms with E-state index in [4.69, 9.17) is 9.47 Å². The van der Waals surface area contributed by atoms with Crippen molar-refractivity contribution in [1.82, 2.24) is 10.2 Å². The normalized spacial score (nSPS) is 15.5. The fourth-order valence-electron chi connectivity index (χ4n) is 3.37. The summed E-state index contributed by atoms with van der Waals surface area (Å²) in [6.07, 6.45) is 0.177. The van der Waals surface area contributed by atoms with Gasteiger partial charge in [0.1, 0.15) is 5.75 Å². The number of non-ortho nitro benzene ring substituents is 1. The second-order valence-corrected chi connectivity index (χ2v) is 6.84. The molecule has 1 amide bonds. The monoisotopic (exact) mass is 399 g/mol. The molecule has 1 fully saturated rings. The molecule has 1 aliphatic rings. The average molecular weight is 399 g/mol. The van der Waals surface area contributed by atoms with E-state index in [-0.39, 0.29) is 24.1 Å².